The maximum Gasteiger partial charge on any atom is 0.267 e. The highest BCUT2D eigenvalue weighted by molar-refractivity contribution is 5.93. The van der Waals surface area contributed by atoms with E-state index in [4.69, 9.17) is 4.84 Å². The van der Waals surface area contributed by atoms with Crippen LogP contribution < -0.4 is 0 Å². The molecule has 1 aliphatic heterocycles. The van der Waals surface area contributed by atoms with Gasteiger partial charge in [0.05, 0.1) is 24.3 Å². The van der Waals surface area contributed by atoms with Crippen molar-refractivity contribution in [3.63, 3.8) is 0 Å². The number of likely N-dealkylation sites (N-methyl/N-ethyl adjacent to an activating group) is 1. The molecule has 1 unspecified atom stereocenters. The van der Waals surface area contributed by atoms with Crippen LogP contribution in [0.15, 0.2) is 11.5 Å². The average Bonchev–Trinajstić information content (AvgIpc) is 3.12. The molecule has 0 aromatic carbocycles. The lowest BCUT2D eigenvalue weighted by Gasteiger charge is -2.25. The van der Waals surface area contributed by atoms with Gasteiger partial charge < -0.3 is 19.6 Å². The minimum atomic E-state index is -0.506. The highest BCUT2D eigenvalue weighted by Crippen LogP contribution is 2.19. The number of hydrogen-bond donors (Lipinski definition) is 1. The Bertz CT molecular complexity index is 565. The zero-order valence-electron chi connectivity index (χ0n) is 14.7. The summed E-state index contributed by atoms with van der Waals surface area (Å²) in [5.41, 5.74) is 2.83. The van der Waals surface area contributed by atoms with Crippen LogP contribution in [0.4, 0.5) is 0 Å². The SMILES string of the molecule is Cc1[nH]cnc1CN(CCN(C)C)C(=O)C1CC(C(C)C)=NO1. The summed E-state index contributed by atoms with van der Waals surface area (Å²) >= 11 is 0. The van der Waals surface area contributed by atoms with Crippen LogP contribution >= 0.6 is 0 Å². The molecule has 7 nitrogen and oxygen atoms in total. The summed E-state index contributed by atoms with van der Waals surface area (Å²) < 4.78 is 0. The fourth-order valence-electron chi connectivity index (χ4n) is 2.39. The summed E-state index contributed by atoms with van der Waals surface area (Å²) in [5, 5.41) is 4.07. The van der Waals surface area contributed by atoms with Gasteiger partial charge in [0, 0.05) is 25.2 Å². The second-order valence-corrected chi connectivity index (χ2v) is 6.57. The minimum absolute atomic E-state index is 0.0198. The summed E-state index contributed by atoms with van der Waals surface area (Å²) in [6.45, 7) is 7.99. The fourth-order valence-corrected chi connectivity index (χ4v) is 2.39. The van der Waals surface area contributed by atoms with Crippen LogP contribution in [0, 0.1) is 12.8 Å². The monoisotopic (exact) mass is 321 g/mol. The molecule has 0 saturated heterocycles. The molecule has 2 heterocycles. The summed E-state index contributed by atoms with van der Waals surface area (Å²) in [5.74, 6) is 0.283. The van der Waals surface area contributed by atoms with Crippen molar-refractivity contribution in [2.45, 2.75) is 39.8 Å². The zero-order chi connectivity index (χ0) is 17.0. The van der Waals surface area contributed by atoms with E-state index in [-0.39, 0.29) is 5.91 Å². The van der Waals surface area contributed by atoms with Gasteiger partial charge in [-0.2, -0.15) is 0 Å². The molecule has 0 radical (unpaired) electrons. The number of aryl methyl sites for hydroxylation is 1. The average molecular weight is 321 g/mol. The highest BCUT2D eigenvalue weighted by atomic mass is 16.6. The molecule has 7 heteroatoms. The molecule has 1 aromatic rings. The van der Waals surface area contributed by atoms with Gasteiger partial charge in [-0.05, 0) is 26.9 Å². The quantitative estimate of drug-likeness (QED) is 0.824. The lowest BCUT2D eigenvalue weighted by Crippen LogP contribution is -2.42. The standard InChI is InChI=1S/C16H27N5O2/c1-11(2)13-8-15(23-19-13)16(22)21(7-6-20(4)5)9-14-12(3)17-10-18-14/h10-11,15H,6-9H2,1-5H3,(H,17,18). The third-order valence-corrected chi connectivity index (χ3v) is 4.04. The van der Waals surface area contributed by atoms with Gasteiger partial charge in [-0.15, -0.1) is 0 Å². The molecule has 0 saturated carbocycles. The number of hydrogen-bond acceptors (Lipinski definition) is 5. The van der Waals surface area contributed by atoms with Crippen molar-refractivity contribution in [2.24, 2.45) is 11.1 Å². The Balaban J connectivity index is 2.04. The van der Waals surface area contributed by atoms with E-state index < -0.39 is 6.10 Å². The smallest absolute Gasteiger partial charge is 0.267 e. The highest BCUT2D eigenvalue weighted by Gasteiger charge is 2.33. The van der Waals surface area contributed by atoms with Crippen LogP contribution in [0.3, 0.4) is 0 Å². The van der Waals surface area contributed by atoms with Crippen molar-refractivity contribution >= 4 is 11.6 Å². The summed E-state index contributed by atoms with van der Waals surface area (Å²) in [7, 11) is 3.99. The second kappa shape index (κ2) is 7.59. The fraction of sp³-hybridized carbons (Fsp3) is 0.688. The number of aromatic amines is 1. The number of imidazole rings is 1. The van der Waals surface area contributed by atoms with Crippen LogP contribution in [0.5, 0.6) is 0 Å². The predicted molar refractivity (Wildman–Crippen MR) is 89.1 cm³/mol. The third kappa shape index (κ3) is 4.54. The number of aromatic nitrogens is 2. The van der Waals surface area contributed by atoms with Crippen molar-refractivity contribution in [3.05, 3.63) is 17.7 Å². The Labute approximate surface area is 137 Å². The molecule has 128 valence electrons. The Morgan fingerprint density at radius 2 is 2.17 bits per heavy atom. The van der Waals surface area contributed by atoms with E-state index in [1.807, 2.05) is 25.9 Å². The molecule has 1 aliphatic rings. The molecule has 0 aliphatic carbocycles. The van der Waals surface area contributed by atoms with Gasteiger partial charge >= 0.3 is 0 Å². The first kappa shape index (κ1) is 17.5. The van der Waals surface area contributed by atoms with Gasteiger partial charge in [0.15, 0.2) is 0 Å². The van der Waals surface area contributed by atoms with E-state index in [1.165, 1.54) is 0 Å². The first-order chi connectivity index (χ1) is 10.9. The van der Waals surface area contributed by atoms with Crippen molar-refractivity contribution in [2.75, 3.05) is 27.2 Å². The van der Waals surface area contributed by atoms with Crippen molar-refractivity contribution in [1.82, 2.24) is 19.8 Å². The molecule has 0 spiro atoms. The number of nitrogens with one attached hydrogen (secondary N) is 1. The zero-order valence-corrected chi connectivity index (χ0v) is 14.7. The lowest BCUT2D eigenvalue weighted by molar-refractivity contribution is -0.143. The molecular weight excluding hydrogens is 294 g/mol. The van der Waals surface area contributed by atoms with E-state index in [1.54, 1.807) is 6.33 Å². The largest absolute Gasteiger partial charge is 0.382 e. The second-order valence-electron chi connectivity index (χ2n) is 6.57. The molecule has 1 atom stereocenters. The Morgan fingerprint density at radius 3 is 2.70 bits per heavy atom. The molecule has 2 rings (SSSR count). The van der Waals surface area contributed by atoms with Crippen molar-refractivity contribution in [3.8, 4) is 0 Å². The van der Waals surface area contributed by atoms with Crippen LogP contribution in [0.1, 0.15) is 31.7 Å². The number of oxime groups is 1. The maximum absolute atomic E-state index is 12.8. The van der Waals surface area contributed by atoms with Gasteiger partial charge in [0.25, 0.3) is 5.91 Å². The minimum Gasteiger partial charge on any atom is -0.382 e. The molecule has 1 N–H and O–H groups in total. The van der Waals surface area contributed by atoms with Gasteiger partial charge in [-0.1, -0.05) is 19.0 Å². The first-order valence-electron chi connectivity index (χ1n) is 8.03. The number of nitrogens with zero attached hydrogens (tertiary/aromatic N) is 4. The van der Waals surface area contributed by atoms with Gasteiger partial charge in [0.1, 0.15) is 0 Å². The van der Waals surface area contributed by atoms with Crippen LogP contribution in [0.25, 0.3) is 0 Å². The maximum atomic E-state index is 12.8. The topological polar surface area (TPSA) is 73.8 Å². The van der Waals surface area contributed by atoms with Gasteiger partial charge in [-0.25, -0.2) is 4.98 Å². The number of amides is 1. The number of carbonyl (C=O) groups is 1. The Hall–Kier alpha value is -1.89. The molecule has 1 amide bonds. The molecule has 23 heavy (non-hydrogen) atoms. The number of H-pyrrole nitrogens is 1. The predicted octanol–water partition coefficient (Wildman–Crippen LogP) is 1.41. The van der Waals surface area contributed by atoms with Gasteiger partial charge in [-0.3, -0.25) is 4.79 Å². The van der Waals surface area contributed by atoms with E-state index in [0.717, 1.165) is 23.6 Å². The molecule has 0 bridgehead atoms. The third-order valence-electron chi connectivity index (χ3n) is 4.04. The van der Waals surface area contributed by atoms with E-state index in [0.29, 0.717) is 25.4 Å². The van der Waals surface area contributed by atoms with Crippen LogP contribution in [0.2, 0.25) is 0 Å². The van der Waals surface area contributed by atoms with Crippen molar-refractivity contribution in [1.29, 1.82) is 0 Å². The molecular formula is C16H27N5O2. The normalized spacial score (nSPS) is 17.5. The lowest BCUT2D eigenvalue weighted by atomic mass is 10.0. The van der Waals surface area contributed by atoms with E-state index >= 15 is 0 Å². The van der Waals surface area contributed by atoms with Gasteiger partial charge in [0.2, 0.25) is 6.10 Å². The number of rotatable bonds is 7. The first-order valence-corrected chi connectivity index (χ1v) is 8.03. The summed E-state index contributed by atoms with van der Waals surface area (Å²) in [4.78, 5) is 29.4. The van der Waals surface area contributed by atoms with Crippen LogP contribution in [-0.2, 0) is 16.2 Å². The molecule has 0 fully saturated rings. The van der Waals surface area contributed by atoms with E-state index in [9.17, 15) is 4.79 Å². The Morgan fingerprint density at radius 1 is 1.43 bits per heavy atom. The van der Waals surface area contributed by atoms with Crippen molar-refractivity contribution < 1.29 is 9.63 Å². The number of carbonyl (C=O) groups excluding carboxylic acids is 1. The Kier molecular flexibility index (Phi) is 5.76. The molecule has 1 aromatic heterocycles. The summed E-state index contributed by atoms with van der Waals surface area (Å²) in [6.07, 6.45) is 1.73. The van der Waals surface area contributed by atoms with Crippen LogP contribution in [-0.4, -0.2) is 64.7 Å². The van der Waals surface area contributed by atoms with E-state index in [2.05, 4.69) is 33.9 Å². The summed E-state index contributed by atoms with van der Waals surface area (Å²) in [6, 6.07) is 0.